The smallest absolute Gasteiger partial charge is 0.310 e. The zero-order valence-corrected chi connectivity index (χ0v) is 16.2. The number of anilines is 2. The molecule has 0 amide bonds. The zero-order chi connectivity index (χ0) is 19.5. The first kappa shape index (κ1) is 20.7. The topological polar surface area (TPSA) is 86.3 Å². The Kier molecular flexibility index (Phi) is 8.58. The molecule has 6 nitrogen and oxygen atoms in total. The lowest BCUT2D eigenvalue weighted by Crippen LogP contribution is -2.21. The SMILES string of the molecule is CCC(C(=O)O)c1cccc(CCNCCCNc2cccnc2NC)c1. The molecule has 0 fully saturated rings. The highest BCUT2D eigenvalue weighted by molar-refractivity contribution is 5.76. The molecule has 6 heteroatoms. The molecule has 0 radical (unpaired) electrons. The fraction of sp³-hybridized carbons (Fsp3) is 0.429. The number of hydrogen-bond acceptors (Lipinski definition) is 5. The Labute approximate surface area is 161 Å². The number of rotatable bonds is 12. The minimum atomic E-state index is -0.754. The number of carboxylic acid groups (broad SMARTS) is 1. The van der Waals surface area contributed by atoms with Crippen molar-refractivity contribution in [1.29, 1.82) is 0 Å². The lowest BCUT2D eigenvalue weighted by Gasteiger charge is -2.12. The minimum absolute atomic E-state index is 0.418. The summed E-state index contributed by atoms with van der Waals surface area (Å²) < 4.78 is 0. The van der Waals surface area contributed by atoms with Crippen LogP contribution < -0.4 is 16.0 Å². The van der Waals surface area contributed by atoms with Crippen LogP contribution in [0.15, 0.2) is 42.6 Å². The monoisotopic (exact) mass is 370 g/mol. The second-order valence-electron chi connectivity index (χ2n) is 6.47. The van der Waals surface area contributed by atoms with Gasteiger partial charge < -0.3 is 21.1 Å². The predicted octanol–water partition coefficient (Wildman–Crippen LogP) is 3.34. The van der Waals surface area contributed by atoms with Gasteiger partial charge in [-0.05, 0) is 55.6 Å². The number of aromatic nitrogens is 1. The van der Waals surface area contributed by atoms with Crippen LogP contribution in [0.1, 0.15) is 36.8 Å². The van der Waals surface area contributed by atoms with Gasteiger partial charge in [-0.25, -0.2) is 4.98 Å². The molecule has 0 saturated carbocycles. The number of carbonyl (C=O) groups is 1. The molecule has 0 spiro atoms. The number of hydrogen-bond donors (Lipinski definition) is 4. The van der Waals surface area contributed by atoms with Crippen molar-refractivity contribution in [1.82, 2.24) is 10.3 Å². The average Bonchev–Trinajstić information content (AvgIpc) is 2.68. The molecule has 146 valence electrons. The standard InChI is InChI=1S/C21H30N4O2/c1-3-18(21(26)27)17-8-4-7-16(15-17)10-14-23-11-6-13-24-19-9-5-12-25-20(19)22-2/h4-5,7-9,12,15,18,23-24H,3,6,10-11,13-14H2,1-2H3,(H,22,25)(H,26,27). The van der Waals surface area contributed by atoms with Crippen LogP contribution in [0.5, 0.6) is 0 Å². The second-order valence-corrected chi connectivity index (χ2v) is 6.47. The third-order valence-corrected chi connectivity index (χ3v) is 4.54. The van der Waals surface area contributed by atoms with Crippen molar-refractivity contribution in [3.63, 3.8) is 0 Å². The summed E-state index contributed by atoms with van der Waals surface area (Å²) in [6.07, 6.45) is 4.28. The fourth-order valence-electron chi connectivity index (χ4n) is 3.06. The number of benzene rings is 1. The highest BCUT2D eigenvalue weighted by Gasteiger charge is 2.17. The van der Waals surface area contributed by atoms with Crippen LogP contribution in [0, 0.1) is 0 Å². The van der Waals surface area contributed by atoms with Gasteiger partial charge >= 0.3 is 5.97 Å². The van der Waals surface area contributed by atoms with Crippen molar-refractivity contribution < 1.29 is 9.90 Å². The molecule has 0 aliphatic carbocycles. The Balaban J connectivity index is 1.68. The molecule has 1 atom stereocenters. The van der Waals surface area contributed by atoms with E-state index in [-0.39, 0.29) is 0 Å². The third kappa shape index (κ3) is 6.57. The lowest BCUT2D eigenvalue weighted by atomic mass is 9.94. The highest BCUT2D eigenvalue weighted by Crippen LogP contribution is 2.21. The largest absolute Gasteiger partial charge is 0.481 e. The summed E-state index contributed by atoms with van der Waals surface area (Å²) in [7, 11) is 1.86. The van der Waals surface area contributed by atoms with E-state index in [2.05, 4.69) is 27.0 Å². The Morgan fingerprint density at radius 1 is 1.19 bits per heavy atom. The van der Waals surface area contributed by atoms with E-state index in [9.17, 15) is 9.90 Å². The van der Waals surface area contributed by atoms with Gasteiger partial charge in [0.15, 0.2) is 0 Å². The maximum absolute atomic E-state index is 11.3. The maximum atomic E-state index is 11.3. The molecule has 1 aromatic heterocycles. The number of aliphatic carboxylic acids is 1. The van der Waals surface area contributed by atoms with Crippen LogP contribution in [0.2, 0.25) is 0 Å². The summed E-state index contributed by atoms with van der Waals surface area (Å²) in [5, 5.41) is 19.2. The van der Waals surface area contributed by atoms with Gasteiger partial charge in [-0.2, -0.15) is 0 Å². The van der Waals surface area contributed by atoms with E-state index in [0.29, 0.717) is 6.42 Å². The molecule has 2 rings (SSSR count). The average molecular weight is 370 g/mol. The Hall–Kier alpha value is -2.60. The predicted molar refractivity (Wildman–Crippen MR) is 111 cm³/mol. The Bertz CT molecular complexity index is 721. The van der Waals surface area contributed by atoms with Gasteiger partial charge in [-0.3, -0.25) is 4.79 Å². The van der Waals surface area contributed by atoms with E-state index >= 15 is 0 Å². The first-order chi connectivity index (χ1) is 13.2. The van der Waals surface area contributed by atoms with E-state index in [0.717, 1.165) is 49.5 Å². The summed E-state index contributed by atoms with van der Waals surface area (Å²) in [6, 6.07) is 11.9. The van der Waals surface area contributed by atoms with Crippen LogP contribution in [0.4, 0.5) is 11.5 Å². The van der Waals surface area contributed by atoms with Gasteiger partial charge in [-0.15, -0.1) is 0 Å². The number of carboxylic acids is 1. The van der Waals surface area contributed by atoms with Gasteiger partial charge in [-0.1, -0.05) is 31.2 Å². The minimum Gasteiger partial charge on any atom is -0.481 e. The second kappa shape index (κ2) is 11.2. The Morgan fingerprint density at radius 3 is 2.78 bits per heavy atom. The molecule has 1 heterocycles. The molecule has 0 bridgehead atoms. The lowest BCUT2D eigenvalue weighted by molar-refractivity contribution is -0.138. The summed E-state index contributed by atoms with van der Waals surface area (Å²) in [5.41, 5.74) is 3.08. The van der Waals surface area contributed by atoms with Gasteiger partial charge in [0.2, 0.25) is 0 Å². The molecule has 1 unspecified atom stereocenters. The molecular formula is C21H30N4O2. The molecule has 0 aliphatic rings. The van der Waals surface area contributed by atoms with E-state index in [1.807, 2.05) is 44.3 Å². The molecule has 4 N–H and O–H groups in total. The van der Waals surface area contributed by atoms with Gasteiger partial charge in [0.05, 0.1) is 11.6 Å². The number of nitrogens with zero attached hydrogens (tertiary/aromatic N) is 1. The van der Waals surface area contributed by atoms with Crippen LogP contribution in [0.25, 0.3) is 0 Å². The summed E-state index contributed by atoms with van der Waals surface area (Å²) in [6.45, 7) is 4.59. The van der Waals surface area contributed by atoms with Crippen molar-refractivity contribution >= 4 is 17.5 Å². The van der Waals surface area contributed by atoms with Crippen LogP contribution >= 0.6 is 0 Å². The Morgan fingerprint density at radius 2 is 2.04 bits per heavy atom. The molecule has 0 aliphatic heterocycles. The van der Waals surface area contributed by atoms with E-state index < -0.39 is 11.9 Å². The number of pyridine rings is 1. The first-order valence-electron chi connectivity index (χ1n) is 9.54. The van der Waals surface area contributed by atoms with Crippen molar-refractivity contribution in [2.75, 3.05) is 37.3 Å². The third-order valence-electron chi connectivity index (χ3n) is 4.54. The summed E-state index contributed by atoms with van der Waals surface area (Å²) >= 11 is 0. The molecular weight excluding hydrogens is 340 g/mol. The van der Waals surface area contributed by atoms with E-state index in [1.54, 1.807) is 6.20 Å². The molecule has 27 heavy (non-hydrogen) atoms. The van der Waals surface area contributed by atoms with Crippen molar-refractivity contribution in [2.45, 2.75) is 32.1 Å². The molecule has 0 saturated heterocycles. The van der Waals surface area contributed by atoms with E-state index in [4.69, 9.17) is 0 Å². The molecule has 1 aromatic carbocycles. The molecule has 2 aromatic rings. The van der Waals surface area contributed by atoms with Crippen LogP contribution in [-0.2, 0) is 11.2 Å². The van der Waals surface area contributed by atoms with E-state index in [1.165, 1.54) is 5.56 Å². The normalized spacial score (nSPS) is 11.8. The summed E-state index contributed by atoms with van der Waals surface area (Å²) in [4.78, 5) is 15.6. The summed E-state index contributed by atoms with van der Waals surface area (Å²) in [5.74, 6) is -0.314. The highest BCUT2D eigenvalue weighted by atomic mass is 16.4. The van der Waals surface area contributed by atoms with Crippen LogP contribution in [-0.4, -0.2) is 42.7 Å². The quantitative estimate of drug-likeness (QED) is 0.429. The van der Waals surface area contributed by atoms with Crippen molar-refractivity contribution in [3.05, 3.63) is 53.7 Å². The number of nitrogens with one attached hydrogen (secondary N) is 3. The van der Waals surface area contributed by atoms with Crippen molar-refractivity contribution in [3.8, 4) is 0 Å². The van der Waals surface area contributed by atoms with Gasteiger partial charge in [0, 0.05) is 19.8 Å². The fourth-order valence-corrected chi connectivity index (χ4v) is 3.06. The van der Waals surface area contributed by atoms with Gasteiger partial charge in [0.25, 0.3) is 0 Å². The first-order valence-corrected chi connectivity index (χ1v) is 9.54. The van der Waals surface area contributed by atoms with Gasteiger partial charge in [0.1, 0.15) is 5.82 Å². The zero-order valence-electron chi connectivity index (χ0n) is 16.2. The maximum Gasteiger partial charge on any atom is 0.310 e. The van der Waals surface area contributed by atoms with Crippen LogP contribution in [0.3, 0.4) is 0 Å². The van der Waals surface area contributed by atoms with Crippen molar-refractivity contribution in [2.24, 2.45) is 0 Å².